The molecule has 0 aliphatic carbocycles. The summed E-state index contributed by atoms with van der Waals surface area (Å²) in [5, 5.41) is 8.92. The number of benzene rings is 1. The number of anilines is 3. The molecule has 9 heteroatoms. The third-order valence-corrected chi connectivity index (χ3v) is 3.38. The molecule has 2 N–H and O–H groups in total. The average Bonchev–Trinajstić information content (AvgIpc) is 3.00. The Morgan fingerprint density at radius 3 is 2.54 bits per heavy atom. The molecule has 0 bridgehead atoms. The predicted octanol–water partition coefficient (Wildman–Crippen LogP) is 4.39. The number of carbonyl (C=O) groups is 1. The Balaban J connectivity index is 1.73. The summed E-state index contributed by atoms with van der Waals surface area (Å²) in [5.74, 6) is 0.353. The number of amides is 1. The number of nitrogens with zero attached hydrogens (tertiary/aromatic N) is 2. The molecule has 0 unspecified atom stereocenters. The highest BCUT2D eigenvalue weighted by Crippen LogP contribution is 2.34. The van der Waals surface area contributed by atoms with E-state index in [-0.39, 0.29) is 11.4 Å². The lowest BCUT2D eigenvalue weighted by Crippen LogP contribution is -2.17. The second-order valence-corrected chi connectivity index (χ2v) is 5.38. The fraction of sp³-hybridized carbons (Fsp3) is 0.118. The van der Waals surface area contributed by atoms with Crippen molar-refractivity contribution in [2.24, 2.45) is 0 Å². The van der Waals surface area contributed by atoms with Gasteiger partial charge in [-0.3, -0.25) is 4.79 Å². The van der Waals surface area contributed by atoms with Gasteiger partial charge >= 0.3 is 6.18 Å². The summed E-state index contributed by atoms with van der Waals surface area (Å²) in [5.41, 5.74) is -0.727. The number of hydrogen-bond acceptors (Lipinski definition) is 5. The molecule has 1 amide bonds. The summed E-state index contributed by atoms with van der Waals surface area (Å²) in [4.78, 5) is 16.1. The van der Waals surface area contributed by atoms with Crippen molar-refractivity contribution in [2.45, 2.75) is 13.1 Å². The molecule has 0 radical (unpaired) electrons. The molecule has 0 aliphatic rings. The topological polar surface area (TPSA) is 80.0 Å². The Bertz CT molecular complexity index is 920. The van der Waals surface area contributed by atoms with E-state index in [4.69, 9.17) is 4.52 Å². The van der Waals surface area contributed by atoms with E-state index in [2.05, 4.69) is 20.8 Å². The van der Waals surface area contributed by atoms with Crippen LogP contribution in [0.3, 0.4) is 0 Å². The van der Waals surface area contributed by atoms with Crippen LogP contribution in [0.1, 0.15) is 21.8 Å². The number of aryl methyl sites for hydroxylation is 1. The third-order valence-electron chi connectivity index (χ3n) is 3.38. The molecule has 2 aromatic heterocycles. The molecule has 3 aromatic rings. The van der Waals surface area contributed by atoms with Crippen molar-refractivity contribution in [3.8, 4) is 0 Å². The molecule has 0 atom stereocenters. The maximum Gasteiger partial charge on any atom is 0.418 e. The first-order valence-electron chi connectivity index (χ1n) is 7.47. The van der Waals surface area contributed by atoms with Crippen LogP contribution in [-0.2, 0) is 6.18 Å². The van der Waals surface area contributed by atoms with Gasteiger partial charge in [0.1, 0.15) is 11.5 Å². The SMILES string of the molecule is Cc1cc(Nc2ccc(C(=O)Nc3ccccc3C(F)(F)F)nc2)no1. The number of carbonyl (C=O) groups excluding carboxylic acids is 1. The van der Waals surface area contributed by atoms with Crippen molar-refractivity contribution in [3.63, 3.8) is 0 Å². The third kappa shape index (κ3) is 4.00. The molecule has 6 nitrogen and oxygen atoms in total. The maximum atomic E-state index is 13.0. The van der Waals surface area contributed by atoms with Gasteiger partial charge in [-0.25, -0.2) is 4.98 Å². The summed E-state index contributed by atoms with van der Waals surface area (Å²) in [6.07, 6.45) is -3.20. The van der Waals surface area contributed by atoms with E-state index in [0.717, 1.165) is 6.07 Å². The van der Waals surface area contributed by atoms with Gasteiger partial charge in [0.15, 0.2) is 5.82 Å². The number of rotatable bonds is 4. The molecule has 0 saturated carbocycles. The molecule has 2 heterocycles. The zero-order chi connectivity index (χ0) is 18.7. The molecule has 0 aliphatic heterocycles. The van der Waals surface area contributed by atoms with Crippen LogP contribution in [0.25, 0.3) is 0 Å². The summed E-state index contributed by atoms with van der Waals surface area (Å²) in [6, 6.07) is 9.37. The molecule has 1 aromatic carbocycles. The molecular weight excluding hydrogens is 349 g/mol. The molecule has 134 valence electrons. The monoisotopic (exact) mass is 362 g/mol. The standard InChI is InChI=1S/C17H13F3N4O2/c1-10-8-15(24-26-10)22-11-6-7-14(21-9-11)16(25)23-13-5-3-2-4-12(13)17(18,19)20/h2-9H,1H3,(H,22,24)(H,23,25). The lowest BCUT2D eigenvalue weighted by molar-refractivity contribution is -0.136. The van der Waals surface area contributed by atoms with Gasteiger partial charge in [-0.2, -0.15) is 13.2 Å². The molecular formula is C17H13F3N4O2. The van der Waals surface area contributed by atoms with E-state index in [1.807, 2.05) is 0 Å². The fourth-order valence-corrected chi connectivity index (χ4v) is 2.20. The molecule has 3 rings (SSSR count). The first-order valence-corrected chi connectivity index (χ1v) is 7.47. The minimum atomic E-state index is -4.57. The van der Waals surface area contributed by atoms with Crippen molar-refractivity contribution in [1.82, 2.24) is 10.1 Å². The molecule has 0 spiro atoms. The Labute approximate surface area is 146 Å². The smallest absolute Gasteiger partial charge is 0.360 e. The van der Waals surface area contributed by atoms with Crippen molar-refractivity contribution in [3.05, 3.63) is 65.7 Å². The molecule has 0 saturated heterocycles. The van der Waals surface area contributed by atoms with E-state index in [1.165, 1.54) is 30.5 Å². The van der Waals surface area contributed by atoms with Crippen LogP contribution in [0, 0.1) is 6.92 Å². The van der Waals surface area contributed by atoms with Crippen LogP contribution in [0.4, 0.5) is 30.4 Å². The summed E-state index contributed by atoms with van der Waals surface area (Å²) >= 11 is 0. The maximum absolute atomic E-state index is 13.0. The number of alkyl halides is 3. The van der Waals surface area contributed by atoms with Crippen molar-refractivity contribution in [2.75, 3.05) is 10.6 Å². The number of nitrogens with one attached hydrogen (secondary N) is 2. The second kappa shape index (κ2) is 6.87. The van der Waals surface area contributed by atoms with Crippen LogP contribution in [0.5, 0.6) is 0 Å². The van der Waals surface area contributed by atoms with Crippen LogP contribution < -0.4 is 10.6 Å². The summed E-state index contributed by atoms with van der Waals surface area (Å²) < 4.78 is 43.8. The Hall–Kier alpha value is -3.36. The quantitative estimate of drug-likeness (QED) is 0.719. The number of hydrogen-bond donors (Lipinski definition) is 2. The van der Waals surface area contributed by atoms with Gasteiger partial charge in [0, 0.05) is 6.07 Å². The number of aromatic nitrogens is 2. The van der Waals surface area contributed by atoms with Crippen LogP contribution in [0.15, 0.2) is 53.2 Å². The molecule has 0 fully saturated rings. The van der Waals surface area contributed by atoms with Crippen molar-refractivity contribution in [1.29, 1.82) is 0 Å². The number of para-hydroxylation sites is 1. The minimum absolute atomic E-state index is 0.0242. The van der Waals surface area contributed by atoms with Gasteiger partial charge in [0.25, 0.3) is 5.91 Å². The minimum Gasteiger partial charge on any atom is -0.360 e. The first-order chi connectivity index (χ1) is 12.3. The van der Waals surface area contributed by atoms with E-state index in [9.17, 15) is 18.0 Å². The van der Waals surface area contributed by atoms with Gasteiger partial charge in [-0.05, 0) is 31.2 Å². The van der Waals surface area contributed by atoms with Gasteiger partial charge in [0.2, 0.25) is 0 Å². The zero-order valence-electron chi connectivity index (χ0n) is 13.5. The highest BCUT2D eigenvalue weighted by Gasteiger charge is 2.33. The van der Waals surface area contributed by atoms with Gasteiger partial charge in [0.05, 0.1) is 23.1 Å². The molecule has 26 heavy (non-hydrogen) atoms. The highest BCUT2D eigenvalue weighted by molar-refractivity contribution is 6.03. The highest BCUT2D eigenvalue weighted by atomic mass is 19.4. The summed E-state index contributed by atoms with van der Waals surface area (Å²) in [6.45, 7) is 1.74. The second-order valence-electron chi connectivity index (χ2n) is 5.38. The van der Waals surface area contributed by atoms with E-state index >= 15 is 0 Å². The van der Waals surface area contributed by atoms with Crippen molar-refractivity contribution >= 4 is 23.1 Å². The normalized spacial score (nSPS) is 11.2. The summed E-state index contributed by atoms with van der Waals surface area (Å²) in [7, 11) is 0. The fourth-order valence-electron chi connectivity index (χ4n) is 2.20. The van der Waals surface area contributed by atoms with Crippen molar-refractivity contribution < 1.29 is 22.5 Å². The van der Waals surface area contributed by atoms with E-state index in [0.29, 0.717) is 17.3 Å². The largest absolute Gasteiger partial charge is 0.418 e. The van der Waals surface area contributed by atoms with Crippen LogP contribution >= 0.6 is 0 Å². The predicted molar refractivity (Wildman–Crippen MR) is 88.2 cm³/mol. The number of halogens is 3. The van der Waals surface area contributed by atoms with E-state index < -0.39 is 17.6 Å². The van der Waals surface area contributed by atoms with Gasteiger partial charge in [-0.1, -0.05) is 17.3 Å². The van der Waals surface area contributed by atoms with Gasteiger partial charge in [-0.15, -0.1) is 0 Å². The number of pyridine rings is 1. The lowest BCUT2D eigenvalue weighted by Gasteiger charge is -2.13. The van der Waals surface area contributed by atoms with Crippen LogP contribution in [-0.4, -0.2) is 16.0 Å². The van der Waals surface area contributed by atoms with E-state index in [1.54, 1.807) is 19.1 Å². The average molecular weight is 362 g/mol. The Morgan fingerprint density at radius 1 is 1.15 bits per heavy atom. The Morgan fingerprint density at radius 2 is 1.92 bits per heavy atom. The van der Waals surface area contributed by atoms with Gasteiger partial charge < -0.3 is 15.2 Å². The zero-order valence-corrected chi connectivity index (χ0v) is 13.5. The lowest BCUT2D eigenvalue weighted by atomic mass is 10.1. The first kappa shape index (κ1) is 17.5. The van der Waals surface area contributed by atoms with Crippen LogP contribution in [0.2, 0.25) is 0 Å². The Kier molecular flexibility index (Phi) is 4.61.